The highest BCUT2D eigenvalue weighted by molar-refractivity contribution is 5.57. The number of hydrogen-bond donors (Lipinski definition) is 0. The molecule has 0 radical (unpaired) electrons. The van der Waals surface area contributed by atoms with Gasteiger partial charge in [-0.2, -0.15) is 0 Å². The van der Waals surface area contributed by atoms with E-state index in [4.69, 9.17) is 4.74 Å². The van der Waals surface area contributed by atoms with Crippen molar-refractivity contribution in [2.75, 3.05) is 0 Å². The maximum atomic E-state index is 5.82. The fourth-order valence-electron chi connectivity index (χ4n) is 1.80. The Labute approximate surface area is 108 Å². The highest BCUT2D eigenvalue weighted by Crippen LogP contribution is 2.28. The van der Waals surface area contributed by atoms with Crippen molar-refractivity contribution in [2.45, 2.75) is 20.5 Å². The molecule has 0 aliphatic carbocycles. The molecule has 0 saturated carbocycles. The van der Waals surface area contributed by atoms with Crippen molar-refractivity contribution < 1.29 is 4.74 Å². The SMILES string of the molecule is C=Nc1cc(C)ccc1OCc1ccccc1C. The maximum absolute atomic E-state index is 5.82. The summed E-state index contributed by atoms with van der Waals surface area (Å²) in [6.45, 7) is 8.24. The van der Waals surface area contributed by atoms with Gasteiger partial charge in [-0.15, -0.1) is 0 Å². The molecule has 0 bridgehead atoms. The predicted molar refractivity (Wildman–Crippen MR) is 75.9 cm³/mol. The van der Waals surface area contributed by atoms with Crippen molar-refractivity contribution in [2.24, 2.45) is 4.99 Å². The van der Waals surface area contributed by atoms with Gasteiger partial charge in [0.1, 0.15) is 18.0 Å². The molecule has 2 aromatic carbocycles. The highest BCUT2D eigenvalue weighted by atomic mass is 16.5. The van der Waals surface area contributed by atoms with E-state index >= 15 is 0 Å². The normalized spacial score (nSPS) is 10.1. The number of rotatable bonds is 4. The van der Waals surface area contributed by atoms with Crippen LogP contribution in [0.1, 0.15) is 16.7 Å². The Morgan fingerprint density at radius 1 is 1.11 bits per heavy atom. The summed E-state index contributed by atoms with van der Waals surface area (Å²) in [6.07, 6.45) is 0. The van der Waals surface area contributed by atoms with Gasteiger partial charge in [-0.05, 0) is 49.4 Å². The Bertz CT molecular complexity index is 561. The Morgan fingerprint density at radius 2 is 1.89 bits per heavy atom. The lowest BCUT2D eigenvalue weighted by Gasteiger charge is -2.11. The van der Waals surface area contributed by atoms with Gasteiger partial charge in [0, 0.05) is 0 Å². The molecule has 0 saturated heterocycles. The lowest BCUT2D eigenvalue weighted by molar-refractivity contribution is 0.306. The molecule has 0 aliphatic heterocycles. The molecule has 0 heterocycles. The van der Waals surface area contributed by atoms with E-state index in [-0.39, 0.29) is 0 Å². The van der Waals surface area contributed by atoms with Gasteiger partial charge in [0.2, 0.25) is 0 Å². The average molecular weight is 239 g/mol. The second-order valence-electron chi connectivity index (χ2n) is 4.34. The molecule has 0 amide bonds. The van der Waals surface area contributed by atoms with E-state index in [0.717, 1.165) is 17.0 Å². The first-order valence-corrected chi connectivity index (χ1v) is 5.95. The molecule has 2 nitrogen and oxygen atoms in total. The van der Waals surface area contributed by atoms with Crippen LogP contribution in [0.3, 0.4) is 0 Å². The van der Waals surface area contributed by atoms with Crippen LogP contribution in [0, 0.1) is 13.8 Å². The molecule has 0 spiro atoms. The zero-order chi connectivity index (χ0) is 13.0. The average Bonchev–Trinajstić information content (AvgIpc) is 2.39. The molecular weight excluding hydrogens is 222 g/mol. The van der Waals surface area contributed by atoms with Crippen LogP contribution >= 0.6 is 0 Å². The molecule has 2 heteroatoms. The summed E-state index contributed by atoms with van der Waals surface area (Å²) in [7, 11) is 0. The minimum atomic E-state index is 0.554. The zero-order valence-corrected chi connectivity index (χ0v) is 10.8. The van der Waals surface area contributed by atoms with Crippen molar-refractivity contribution in [1.82, 2.24) is 0 Å². The monoisotopic (exact) mass is 239 g/mol. The molecule has 0 unspecified atom stereocenters. The third-order valence-corrected chi connectivity index (χ3v) is 2.93. The van der Waals surface area contributed by atoms with E-state index in [1.807, 2.05) is 37.3 Å². The molecule has 2 rings (SSSR count). The first-order valence-electron chi connectivity index (χ1n) is 5.95. The number of aliphatic imine (C=N–C) groups is 1. The zero-order valence-electron chi connectivity index (χ0n) is 10.8. The van der Waals surface area contributed by atoms with Crippen LogP contribution in [0.2, 0.25) is 0 Å². The summed E-state index contributed by atoms with van der Waals surface area (Å²) in [5.41, 5.74) is 4.37. The molecule has 0 fully saturated rings. The largest absolute Gasteiger partial charge is 0.487 e. The minimum Gasteiger partial charge on any atom is -0.487 e. The Kier molecular flexibility index (Phi) is 3.78. The third kappa shape index (κ3) is 2.77. The van der Waals surface area contributed by atoms with Gasteiger partial charge in [0.15, 0.2) is 0 Å². The topological polar surface area (TPSA) is 21.6 Å². The lowest BCUT2D eigenvalue weighted by atomic mass is 10.1. The van der Waals surface area contributed by atoms with E-state index in [2.05, 4.69) is 30.8 Å². The lowest BCUT2D eigenvalue weighted by Crippen LogP contribution is -1.97. The summed E-state index contributed by atoms with van der Waals surface area (Å²) < 4.78 is 5.82. The van der Waals surface area contributed by atoms with Crippen LogP contribution in [-0.4, -0.2) is 6.72 Å². The fraction of sp³-hybridized carbons (Fsp3) is 0.188. The summed E-state index contributed by atoms with van der Waals surface area (Å²) in [5, 5.41) is 0. The minimum absolute atomic E-state index is 0.554. The van der Waals surface area contributed by atoms with E-state index in [1.54, 1.807) is 0 Å². The van der Waals surface area contributed by atoms with Gasteiger partial charge in [0.25, 0.3) is 0 Å². The first-order chi connectivity index (χ1) is 8.70. The van der Waals surface area contributed by atoms with Gasteiger partial charge in [0.05, 0.1) is 0 Å². The van der Waals surface area contributed by atoms with Crippen molar-refractivity contribution in [1.29, 1.82) is 0 Å². The second kappa shape index (κ2) is 5.50. The van der Waals surface area contributed by atoms with E-state index in [9.17, 15) is 0 Å². The van der Waals surface area contributed by atoms with Gasteiger partial charge < -0.3 is 4.74 Å². The molecule has 2 aromatic rings. The van der Waals surface area contributed by atoms with Crippen molar-refractivity contribution in [3.8, 4) is 5.75 Å². The Morgan fingerprint density at radius 3 is 2.61 bits per heavy atom. The van der Waals surface area contributed by atoms with Crippen LogP contribution < -0.4 is 4.74 Å². The number of benzene rings is 2. The first kappa shape index (κ1) is 12.4. The third-order valence-electron chi connectivity index (χ3n) is 2.93. The van der Waals surface area contributed by atoms with E-state index < -0.39 is 0 Å². The van der Waals surface area contributed by atoms with Crippen LogP contribution in [0.4, 0.5) is 5.69 Å². The molecule has 92 valence electrons. The molecule has 0 N–H and O–H groups in total. The van der Waals surface area contributed by atoms with Gasteiger partial charge in [-0.25, -0.2) is 0 Å². The molecule has 0 aromatic heterocycles. The van der Waals surface area contributed by atoms with Gasteiger partial charge >= 0.3 is 0 Å². The number of hydrogen-bond acceptors (Lipinski definition) is 2. The van der Waals surface area contributed by atoms with Crippen molar-refractivity contribution in [3.05, 3.63) is 59.2 Å². The van der Waals surface area contributed by atoms with Crippen LogP contribution in [0.25, 0.3) is 0 Å². The van der Waals surface area contributed by atoms with E-state index in [1.165, 1.54) is 11.1 Å². The van der Waals surface area contributed by atoms with Crippen LogP contribution in [0.5, 0.6) is 5.75 Å². The maximum Gasteiger partial charge on any atom is 0.145 e. The second-order valence-corrected chi connectivity index (χ2v) is 4.34. The highest BCUT2D eigenvalue weighted by Gasteiger charge is 2.04. The quantitative estimate of drug-likeness (QED) is 0.732. The fourth-order valence-corrected chi connectivity index (χ4v) is 1.80. The molecule has 0 aliphatic rings. The van der Waals surface area contributed by atoms with Gasteiger partial charge in [-0.3, -0.25) is 4.99 Å². The number of nitrogens with zero attached hydrogens (tertiary/aromatic N) is 1. The summed E-state index contributed by atoms with van der Waals surface area (Å²) in [4.78, 5) is 3.99. The van der Waals surface area contributed by atoms with E-state index in [0.29, 0.717) is 6.61 Å². The molecule has 0 atom stereocenters. The smallest absolute Gasteiger partial charge is 0.145 e. The summed E-state index contributed by atoms with van der Waals surface area (Å²) in [6, 6.07) is 14.1. The van der Waals surface area contributed by atoms with Crippen LogP contribution in [-0.2, 0) is 6.61 Å². The summed E-state index contributed by atoms with van der Waals surface area (Å²) in [5.74, 6) is 0.777. The Balaban J connectivity index is 2.16. The van der Waals surface area contributed by atoms with Gasteiger partial charge in [-0.1, -0.05) is 30.3 Å². The molecular formula is C16H17NO. The van der Waals surface area contributed by atoms with Crippen molar-refractivity contribution >= 4 is 12.4 Å². The standard InChI is InChI=1S/C16H17NO/c1-12-8-9-16(15(10-12)17-3)18-11-14-7-5-4-6-13(14)2/h4-10H,3,11H2,1-2H3. The molecule has 18 heavy (non-hydrogen) atoms. The number of aryl methyl sites for hydroxylation is 2. The predicted octanol–water partition coefficient (Wildman–Crippen LogP) is 4.21. The Hall–Kier alpha value is -2.09. The van der Waals surface area contributed by atoms with Crippen LogP contribution in [0.15, 0.2) is 47.5 Å². The van der Waals surface area contributed by atoms with Crippen molar-refractivity contribution in [3.63, 3.8) is 0 Å². The number of ether oxygens (including phenoxy) is 1. The summed E-state index contributed by atoms with van der Waals surface area (Å²) >= 11 is 0.